The summed E-state index contributed by atoms with van der Waals surface area (Å²) in [6.07, 6.45) is 3.95. The van der Waals surface area contributed by atoms with E-state index in [2.05, 4.69) is 43.9 Å². The van der Waals surface area contributed by atoms with E-state index < -0.39 is 13.7 Å². The fourth-order valence-corrected chi connectivity index (χ4v) is 4.67. The van der Waals surface area contributed by atoms with Gasteiger partial charge in [0.1, 0.15) is 19.1 Å². The number of carbonyl (C=O) groups is 1. The van der Waals surface area contributed by atoms with Crippen molar-refractivity contribution in [3.05, 3.63) is 30.0 Å². The van der Waals surface area contributed by atoms with Crippen molar-refractivity contribution in [2.75, 3.05) is 13.1 Å². The Morgan fingerprint density at radius 1 is 1.14 bits per heavy atom. The topological polar surface area (TPSA) is 55.3 Å². The molecule has 1 aromatic heterocycles. The molecule has 0 N–H and O–H groups in total. The maximum atomic E-state index is 12.3. The van der Waals surface area contributed by atoms with E-state index in [-0.39, 0.29) is 6.09 Å². The molecule has 1 saturated heterocycles. The molecule has 1 amide bonds. The van der Waals surface area contributed by atoms with Gasteiger partial charge in [-0.15, -0.1) is 0 Å². The molecule has 1 aliphatic heterocycles. The fourth-order valence-electron chi connectivity index (χ4n) is 3.74. The molecule has 1 aromatic carbocycles. The van der Waals surface area contributed by atoms with Crippen molar-refractivity contribution in [2.24, 2.45) is 5.92 Å². The monoisotopic (exact) mass is 413 g/mol. The van der Waals surface area contributed by atoms with Crippen molar-refractivity contribution in [1.29, 1.82) is 0 Å². The predicted molar refractivity (Wildman–Crippen MR) is 121 cm³/mol. The average molecular weight is 414 g/mol. The molecule has 3 rings (SSSR count). The Kier molecular flexibility index (Phi) is 6.32. The summed E-state index contributed by atoms with van der Waals surface area (Å²) in [5, 5.41) is 1.18. The van der Waals surface area contributed by atoms with Gasteiger partial charge in [-0.3, -0.25) is 0 Å². The number of likely N-dealkylation sites (tertiary alicyclic amines) is 1. The molecule has 1 aliphatic rings. The van der Waals surface area contributed by atoms with Crippen LogP contribution in [0.5, 0.6) is 0 Å². The van der Waals surface area contributed by atoms with E-state index in [0.29, 0.717) is 5.92 Å². The Morgan fingerprint density at radius 2 is 1.79 bits per heavy atom. The number of aromatic nitrogens is 2. The zero-order valence-corrected chi connectivity index (χ0v) is 19.8. The van der Waals surface area contributed by atoms with Crippen LogP contribution >= 0.6 is 0 Å². The van der Waals surface area contributed by atoms with Crippen LogP contribution in [0.15, 0.2) is 24.3 Å². The van der Waals surface area contributed by atoms with Gasteiger partial charge in [0.05, 0.1) is 11.2 Å². The van der Waals surface area contributed by atoms with E-state index in [0.717, 1.165) is 49.7 Å². The van der Waals surface area contributed by atoms with E-state index in [4.69, 9.17) is 14.7 Å². The number of hydrogen-bond donors (Lipinski definition) is 0. The van der Waals surface area contributed by atoms with Crippen LogP contribution in [-0.2, 0) is 11.2 Å². The summed E-state index contributed by atoms with van der Waals surface area (Å²) in [5.41, 5.74) is 2.86. The van der Waals surface area contributed by atoms with Gasteiger partial charge in [-0.05, 0) is 58.4 Å². The van der Waals surface area contributed by atoms with Crippen LogP contribution < -0.4 is 5.45 Å². The van der Waals surface area contributed by atoms with Crippen LogP contribution in [0.2, 0.25) is 19.6 Å². The zero-order chi connectivity index (χ0) is 21.2. The molecular weight excluding hydrogens is 378 g/mol. The lowest BCUT2D eigenvalue weighted by molar-refractivity contribution is 0.0181. The van der Waals surface area contributed by atoms with Gasteiger partial charge in [-0.2, -0.15) is 0 Å². The minimum atomic E-state index is -1.57. The summed E-state index contributed by atoms with van der Waals surface area (Å²) < 4.78 is 5.51. The van der Waals surface area contributed by atoms with Gasteiger partial charge in [0, 0.05) is 18.5 Å². The van der Waals surface area contributed by atoms with Crippen molar-refractivity contribution in [2.45, 2.75) is 71.7 Å². The number of nitrogens with zero attached hydrogens (tertiary/aromatic N) is 3. The second kappa shape index (κ2) is 8.42. The molecule has 0 unspecified atom stereocenters. The van der Waals surface area contributed by atoms with Gasteiger partial charge in [-0.25, -0.2) is 14.8 Å². The largest absolute Gasteiger partial charge is 0.444 e. The molecule has 2 aromatic rings. The lowest BCUT2D eigenvalue weighted by Gasteiger charge is -2.33. The van der Waals surface area contributed by atoms with Gasteiger partial charge in [-0.1, -0.05) is 37.8 Å². The Labute approximate surface area is 175 Å². The van der Waals surface area contributed by atoms with Crippen LogP contribution in [0.3, 0.4) is 0 Å². The van der Waals surface area contributed by atoms with Gasteiger partial charge >= 0.3 is 6.09 Å². The third kappa shape index (κ3) is 5.78. The second-order valence-electron chi connectivity index (χ2n) is 10.2. The molecule has 0 radical (unpaired) electrons. The Bertz CT molecular complexity index is 863. The number of fused-ring (bicyclic) bond motifs is 1. The third-order valence-electron chi connectivity index (χ3n) is 5.41. The number of carbonyl (C=O) groups excluding carboxylic acids is 1. The van der Waals surface area contributed by atoms with E-state index in [1.807, 2.05) is 25.7 Å². The number of piperidine rings is 1. The quantitative estimate of drug-likeness (QED) is 0.679. The Hall–Kier alpha value is -1.95. The highest BCUT2D eigenvalue weighted by atomic mass is 28.3. The number of ether oxygens (including phenoxy) is 1. The van der Waals surface area contributed by atoms with E-state index in [1.54, 1.807) is 0 Å². The average Bonchev–Trinajstić information content (AvgIpc) is 2.64. The zero-order valence-electron chi connectivity index (χ0n) is 18.8. The second-order valence-corrected chi connectivity index (χ2v) is 15.2. The minimum absolute atomic E-state index is 0.183. The smallest absolute Gasteiger partial charge is 0.410 e. The molecule has 0 aliphatic carbocycles. The number of amides is 1. The van der Waals surface area contributed by atoms with E-state index in [9.17, 15) is 4.79 Å². The molecule has 0 spiro atoms. The SMILES string of the molecule is CC(C)(C)OC(=O)N1CCC(CCc2nc([Si](C)(C)C)nc3ccccc23)CC1. The number of benzene rings is 1. The van der Waals surface area contributed by atoms with Gasteiger partial charge in [0.15, 0.2) is 0 Å². The summed E-state index contributed by atoms with van der Waals surface area (Å²) in [5.74, 6) is 0.623. The van der Waals surface area contributed by atoms with Gasteiger partial charge < -0.3 is 9.64 Å². The summed E-state index contributed by atoms with van der Waals surface area (Å²) in [7, 11) is -1.57. The summed E-state index contributed by atoms with van der Waals surface area (Å²) >= 11 is 0. The maximum Gasteiger partial charge on any atom is 0.410 e. The van der Waals surface area contributed by atoms with Gasteiger partial charge in [0.25, 0.3) is 0 Å². The van der Waals surface area contributed by atoms with Crippen molar-refractivity contribution >= 4 is 30.5 Å². The molecule has 29 heavy (non-hydrogen) atoms. The predicted octanol–water partition coefficient (Wildman–Crippen LogP) is 4.75. The van der Waals surface area contributed by atoms with E-state index >= 15 is 0 Å². The third-order valence-corrected chi connectivity index (χ3v) is 6.97. The van der Waals surface area contributed by atoms with Gasteiger partial charge in [0.2, 0.25) is 0 Å². The number of para-hydroxylation sites is 1. The van der Waals surface area contributed by atoms with Crippen LogP contribution in [0, 0.1) is 5.92 Å². The Morgan fingerprint density at radius 3 is 2.41 bits per heavy atom. The van der Waals surface area contributed by atoms with Crippen molar-refractivity contribution in [3.8, 4) is 0 Å². The molecule has 0 saturated carbocycles. The first kappa shape index (κ1) is 21.7. The molecule has 158 valence electrons. The molecule has 2 heterocycles. The molecule has 0 atom stereocenters. The van der Waals surface area contributed by atoms with E-state index in [1.165, 1.54) is 11.1 Å². The Balaban J connectivity index is 1.64. The van der Waals surface area contributed by atoms with Crippen LogP contribution in [0.25, 0.3) is 10.9 Å². The standard InChI is InChI=1S/C23H35N3O2Si/c1-23(2,3)28-22(27)26-15-13-17(14-16-26)11-12-20-18-9-7-8-10-19(18)24-21(25-20)29(4,5)6/h7-10,17H,11-16H2,1-6H3. The van der Waals surface area contributed by atoms with Crippen LogP contribution in [-0.4, -0.2) is 47.7 Å². The van der Waals surface area contributed by atoms with Crippen molar-refractivity contribution in [3.63, 3.8) is 0 Å². The molecule has 0 bridgehead atoms. The number of aryl methyl sites for hydroxylation is 1. The lowest BCUT2D eigenvalue weighted by Crippen LogP contribution is -2.43. The summed E-state index contributed by atoms with van der Waals surface area (Å²) in [6, 6.07) is 8.37. The highest BCUT2D eigenvalue weighted by Gasteiger charge is 2.27. The molecule has 6 heteroatoms. The maximum absolute atomic E-state index is 12.3. The van der Waals surface area contributed by atoms with Crippen LogP contribution in [0.1, 0.15) is 45.7 Å². The first-order valence-electron chi connectivity index (χ1n) is 10.8. The van der Waals surface area contributed by atoms with Crippen LogP contribution in [0.4, 0.5) is 4.79 Å². The highest BCUT2D eigenvalue weighted by molar-refractivity contribution is 6.87. The first-order chi connectivity index (χ1) is 13.5. The molecule has 5 nitrogen and oxygen atoms in total. The normalized spacial score (nSPS) is 16.3. The van der Waals surface area contributed by atoms with Crippen molar-refractivity contribution < 1.29 is 9.53 Å². The number of rotatable bonds is 4. The first-order valence-corrected chi connectivity index (χ1v) is 14.3. The fraction of sp³-hybridized carbons (Fsp3) is 0.609. The summed E-state index contributed by atoms with van der Waals surface area (Å²) in [6.45, 7) is 14.2. The molecule has 1 fully saturated rings. The van der Waals surface area contributed by atoms with Crippen molar-refractivity contribution in [1.82, 2.24) is 14.9 Å². The highest BCUT2D eigenvalue weighted by Crippen LogP contribution is 2.25. The number of hydrogen-bond acceptors (Lipinski definition) is 4. The lowest BCUT2D eigenvalue weighted by atomic mass is 9.91. The summed E-state index contributed by atoms with van der Waals surface area (Å²) in [4.78, 5) is 24.0. The molecular formula is C23H35N3O2Si. The minimum Gasteiger partial charge on any atom is -0.444 e.